The molecule has 1 saturated heterocycles. The molecule has 2 heterocycles. The monoisotopic (exact) mass is 523 g/mol. The summed E-state index contributed by atoms with van der Waals surface area (Å²) in [5.74, 6) is 0.494. The van der Waals surface area contributed by atoms with E-state index in [1.54, 1.807) is 26.4 Å². The molecule has 1 aromatic heterocycles. The molecule has 0 radical (unpaired) electrons. The first kappa shape index (κ1) is 24.7. The van der Waals surface area contributed by atoms with Crippen LogP contribution in [-0.2, 0) is 21.4 Å². The zero-order valence-corrected chi connectivity index (χ0v) is 21.5. The Morgan fingerprint density at radius 2 is 1.82 bits per heavy atom. The molecule has 1 atom stereocenters. The molecule has 0 N–H and O–H groups in total. The molecule has 2 aromatic carbocycles. The first-order valence-electron chi connectivity index (χ1n) is 10.9. The van der Waals surface area contributed by atoms with Gasteiger partial charge < -0.3 is 14.0 Å². The number of benzene rings is 2. The Bertz CT molecular complexity index is 1380. The fraction of sp³-hybridized carbons (Fsp3) is 0.391. The van der Waals surface area contributed by atoms with Gasteiger partial charge in [-0.25, -0.2) is 8.42 Å². The Hall–Kier alpha value is -2.40. The predicted molar refractivity (Wildman–Crippen MR) is 132 cm³/mol. The number of fused-ring (bicyclic) bond motifs is 1. The van der Waals surface area contributed by atoms with Crippen LogP contribution in [0.3, 0.4) is 0 Å². The van der Waals surface area contributed by atoms with Crippen molar-refractivity contribution in [3.63, 3.8) is 0 Å². The maximum atomic E-state index is 13.2. The van der Waals surface area contributed by atoms with E-state index in [0.29, 0.717) is 47.3 Å². The van der Waals surface area contributed by atoms with E-state index in [4.69, 9.17) is 21.1 Å². The number of methoxy groups -OCH3 is 2. The fourth-order valence-electron chi connectivity index (χ4n) is 4.14. The molecule has 1 amide bonds. The van der Waals surface area contributed by atoms with Gasteiger partial charge in [0.25, 0.3) is 5.91 Å². The predicted octanol–water partition coefficient (Wildman–Crippen LogP) is 3.92. The third kappa shape index (κ3) is 4.59. The first-order chi connectivity index (χ1) is 16.3. The molecule has 3 aromatic rings. The summed E-state index contributed by atoms with van der Waals surface area (Å²) in [4.78, 5) is 18.3. The molecule has 4 rings (SSSR count). The molecule has 1 aliphatic heterocycles. The van der Waals surface area contributed by atoms with Gasteiger partial charge in [0.05, 0.1) is 25.0 Å². The third-order valence-corrected chi connectivity index (χ3v) is 9.12. The van der Waals surface area contributed by atoms with Crippen molar-refractivity contribution in [1.82, 2.24) is 8.87 Å². The summed E-state index contributed by atoms with van der Waals surface area (Å²) < 4.78 is 41.3. The molecular formula is C23H26ClN3O5S2. The molecule has 11 heteroatoms. The minimum atomic E-state index is -3.72. The van der Waals surface area contributed by atoms with Gasteiger partial charge in [-0.15, -0.1) is 0 Å². The number of amides is 1. The van der Waals surface area contributed by atoms with Crippen molar-refractivity contribution in [3.8, 4) is 11.5 Å². The van der Waals surface area contributed by atoms with E-state index < -0.39 is 15.9 Å². The molecule has 182 valence electrons. The van der Waals surface area contributed by atoms with Crippen molar-refractivity contribution in [1.29, 1.82) is 0 Å². The number of hydrogen-bond acceptors (Lipinski definition) is 6. The van der Waals surface area contributed by atoms with Crippen LogP contribution < -0.4 is 14.3 Å². The molecular weight excluding hydrogens is 498 g/mol. The number of carbonyl (C=O) groups is 1. The largest absolute Gasteiger partial charge is 0.495 e. The first-order valence-corrected chi connectivity index (χ1v) is 13.5. The quantitative estimate of drug-likeness (QED) is 0.488. The molecule has 0 aliphatic carbocycles. The average Bonchev–Trinajstić information content (AvgIpc) is 3.21. The average molecular weight is 524 g/mol. The molecule has 1 aliphatic rings. The van der Waals surface area contributed by atoms with Crippen LogP contribution in [0.15, 0.2) is 46.3 Å². The van der Waals surface area contributed by atoms with Crippen molar-refractivity contribution >= 4 is 49.1 Å². The number of hydrogen-bond donors (Lipinski definition) is 0. The van der Waals surface area contributed by atoms with Gasteiger partial charge in [-0.1, -0.05) is 22.9 Å². The summed E-state index contributed by atoms with van der Waals surface area (Å²) in [6.45, 7) is 3.00. The Morgan fingerprint density at radius 1 is 1.15 bits per heavy atom. The maximum absolute atomic E-state index is 13.2. The van der Waals surface area contributed by atoms with E-state index in [1.165, 1.54) is 27.8 Å². The van der Waals surface area contributed by atoms with E-state index in [2.05, 4.69) is 4.99 Å². The number of aryl methyl sites for hydroxylation is 1. The summed E-state index contributed by atoms with van der Waals surface area (Å²) in [6.07, 6.45) is 1.17. The SMILES string of the molecule is CCn1c(=NC(=O)C2CCCN(S(=O)(=O)c3ccc(Cl)cc3)C2)sc2c(OC)ccc(OC)c21. The zero-order valence-electron chi connectivity index (χ0n) is 19.2. The number of carbonyl (C=O) groups excluding carboxylic acids is 1. The summed E-state index contributed by atoms with van der Waals surface area (Å²) in [5.41, 5.74) is 0.816. The zero-order chi connectivity index (χ0) is 24.5. The maximum Gasteiger partial charge on any atom is 0.252 e. The molecule has 8 nitrogen and oxygen atoms in total. The number of piperidine rings is 1. The van der Waals surface area contributed by atoms with E-state index in [0.717, 1.165) is 10.2 Å². The van der Waals surface area contributed by atoms with Gasteiger partial charge in [0.15, 0.2) is 4.80 Å². The highest BCUT2D eigenvalue weighted by Crippen LogP contribution is 2.35. The van der Waals surface area contributed by atoms with Crippen LogP contribution in [0.1, 0.15) is 19.8 Å². The van der Waals surface area contributed by atoms with Gasteiger partial charge in [-0.3, -0.25) is 4.79 Å². The van der Waals surface area contributed by atoms with Gasteiger partial charge in [-0.05, 0) is 56.2 Å². The molecule has 1 unspecified atom stereocenters. The number of rotatable bonds is 6. The lowest BCUT2D eigenvalue weighted by atomic mass is 9.99. The molecule has 0 saturated carbocycles. The minimum absolute atomic E-state index is 0.0942. The summed E-state index contributed by atoms with van der Waals surface area (Å²) >= 11 is 7.25. The highest BCUT2D eigenvalue weighted by Gasteiger charge is 2.33. The molecule has 1 fully saturated rings. The van der Waals surface area contributed by atoms with Gasteiger partial charge in [0, 0.05) is 24.7 Å². The highest BCUT2D eigenvalue weighted by molar-refractivity contribution is 7.89. The molecule has 0 bridgehead atoms. The van der Waals surface area contributed by atoms with Crippen LogP contribution in [0.2, 0.25) is 5.02 Å². The number of sulfonamides is 1. The number of thiazole rings is 1. The van der Waals surface area contributed by atoms with E-state index >= 15 is 0 Å². The van der Waals surface area contributed by atoms with Gasteiger partial charge in [0.2, 0.25) is 10.0 Å². The fourth-order valence-corrected chi connectivity index (χ4v) is 6.99. The lowest BCUT2D eigenvalue weighted by Gasteiger charge is -2.30. The lowest BCUT2D eigenvalue weighted by molar-refractivity contribution is -0.122. The Kier molecular flexibility index (Phi) is 7.32. The number of aromatic nitrogens is 1. The van der Waals surface area contributed by atoms with E-state index in [9.17, 15) is 13.2 Å². The van der Waals surface area contributed by atoms with Gasteiger partial charge in [-0.2, -0.15) is 9.30 Å². The Balaban J connectivity index is 1.67. The van der Waals surface area contributed by atoms with Crippen LogP contribution in [0.4, 0.5) is 0 Å². The topological polar surface area (TPSA) is 90.2 Å². The van der Waals surface area contributed by atoms with Crippen LogP contribution in [0, 0.1) is 5.92 Å². The lowest BCUT2D eigenvalue weighted by Crippen LogP contribution is -2.42. The third-order valence-electron chi connectivity index (χ3n) is 5.90. The summed E-state index contributed by atoms with van der Waals surface area (Å²) in [5, 5.41) is 0.463. The standard InChI is InChI=1S/C23H26ClN3O5S2/c1-4-27-20-18(31-2)11-12-19(32-3)21(20)33-23(27)25-22(28)15-6-5-13-26(14-15)34(29,30)17-9-7-16(24)8-10-17/h7-12,15H,4-6,13-14H2,1-3H3. The summed E-state index contributed by atoms with van der Waals surface area (Å²) in [6, 6.07) is 9.70. The van der Waals surface area contributed by atoms with Crippen molar-refractivity contribution < 1.29 is 22.7 Å². The Morgan fingerprint density at radius 3 is 2.47 bits per heavy atom. The molecule has 34 heavy (non-hydrogen) atoms. The van der Waals surface area contributed by atoms with Gasteiger partial charge >= 0.3 is 0 Å². The van der Waals surface area contributed by atoms with Crippen molar-refractivity contribution in [2.75, 3.05) is 27.3 Å². The van der Waals surface area contributed by atoms with Crippen LogP contribution >= 0.6 is 22.9 Å². The van der Waals surface area contributed by atoms with Crippen LogP contribution in [0.5, 0.6) is 11.5 Å². The minimum Gasteiger partial charge on any atom is -0.495 e. The van der Waals surface area contributed by atoms with E-state index in [1.807, 2.05) is 23.6 Å². The molecule has 0 spiro atoms. The van der Waals surface area contributed by atoms with Crippen LogP contribution in [-0.4, -0.2) is 50.5 Å². The van der Waals surface area contributed by atoms with Crippen LogP contribution in [0.25, 0.3) is 10.2 Å². The number of ether oxygens (including phenoxy) is 2. The highest BCUT2D eigenvalue weighted by atomic mass is 35.5. The second-order valence-corrected chi connectivity index (χ2v) is 11.2. The second-order valence-electron chi connectivity index (χ2n) is 7.88. The normalized spacial score (nSPS) is 17.8. The van der Waals surface area contributed by atoms with Crippen molar-refractivity contribution in [2.45, 2.75) is 31.2 Å². The second kappa shape index (κ2) is 10.1. The number of nitrogens with zero attached hydrogens (tertiary/aromatic N) is 3. The number of halogens is 1. The Labute approximate surface area is 207 Å². The van der Waals surface area contributed by atoms with Crippen molar-refractivity contribution in [3.05, 3.63) is 46.2 Å². The van der Waals surface area contributed by atoms with Crippen molar-refractivity contribution in [2.24, 2.45) is 10.9 Å². The van der Waals surface area contributed by atoms with Gasteiger partial charge in [0.1, 0.15) is 21.7 Å². The smallest absolute Gasteiger partial charge is 0.252 e. The van der Waals surface area contributed by atoms with E-state index in [-0.39, 0.29) is 17.3 Å². The summed E-state index contributed by atoms with van der Waals surface area (Å²) in [7, 11) is -0.534.